The Bertz CT molecular complexity index is 389. The van der Waals surface area contributed by atoms with E-state index in [0.717, 1.165) is 24.5 Å². The lowest BCUT2D eigenvalue weighted by atomic mass is 10.2. The van der Waals surface area contributed by atoms with E-state index in [1.54, 1.807) is 7.11 Å². The second kappa shape index (κ2) is 5.51. The molecule has 1 aromatic rings. The number of ether oxygens (including phenoxy) is 2. The van der Waals surface area contributed by atoms with Crippen LogP contribution in [-0.4, -0.2) is 48.8 Å². The molecule has 1 aromatic heterocycles. The van der Waals surface area contributed by atoms with Crippen LogP contribution < -0.4 is 9.64 Å². The first-order chi connectivity index (χ1) is 8.26. The molecule has 1 saturated heterocycles. The van der Waals surface area contributed by atoms with E-state index in [1.807, 2.05) is 6.92 Å². The van der Waals surface area contributed by atoms with Gasteiger partial charge in [0.2, 0.25) is 5.88 Å². The fraction of sp³-hybridized carbons (Fsp3) is 0.636. The molecule has 1 aliphatic heterocycles. The summed E-state index contributed by atoms with van der Waals surface area (Å²) in [6.45, 7) is 4.20. The number of alkyl halides is 1. The zero-order chi connectivity index (χ0) is 12.3. The average molecular weight is 258 g/mol. The molecule has 1 fully saturated rings. The molecule has 1 atom stereocenters. The molecule has 1 aliphatic rings. The Morgan fingerprint density at radius 2 is 2.41 bits per heavy atom. The Hall–Kier alpha value is -1.07. The summed E-state index contributed by atoms with van der Waals surface area (Å²) in [5, 5.41) is 0. The van der Waals surface area contributed by atoms with E-state index in [2.05, 4.69) is 14.9 Å². The molecule has 0 aromatic carbocycles. The number of methoxy groups -OCH3 is 1. The molecular formula is C11H16ClN3O2. The smallest absolute Gasteiger partial charge is 0.221 e. The van der Waals surface area contributed by atoms with Crippen LogP contribution >= 0.6 is 11.6 Å². The van der Waals surface area contributed by atoms with Crippen molar-refractivity contribution in [3.8, 4) is 5.88 Å². The lowest BCUT2D eigenvalue weighted by Crippen LogP contribution is -2.44. The molecule has 0 bridgehead atoms. The fourth-order valence-corrected chi connectivity index (χ4v) is 2.14. The van der Waals surface area contributed by atoms with Crippen molar-refractivity contribution < 1.29 is 9.47 Å². The van der Waals surface area contributed by atoms with Crippen molar-refractivity contribution in [3.63, 3.8) is 0 Å². The summed E-state index contributed by atoms with van der Waals surface area (Å²) in [6, 6.07) is 0. The summed E-state index contributed by atoms with van der Waals surface area (Å²) in [5.41, 5.74) is 0.949. The number of halogens is 1. The summed E-state index contributed by atoms with van der Waals surface area (Å²) in [6.07, 6.45) is 1.58. The molecular weight excluding hydrogens is 242 g/mol. The van der Waals surface area contributed by atoms with Crippen molar-refractivity contribution in [3.05, 3.63) is 11.9 Å². The molecule has 0 radical (unpaired) electrons. The third-order valence-electron chi connectivity index (χ3n) is 2.81. The van der Waals surface area contributed by atoms with Crippen LogP contribution in [0.25, 0.3) is 0 Å². The fourth-order valence-electron chi connectivity index (χ4n) is 1.95. The van der Waals surface area contributed by atoms with Gasteiger partial charge in [-0.3, -0.25) is 0 Å². The molecule has 0 N–H and O–H groups in total. The van der Waals surface area contributed by atoms with Crippen molar-refractivity contribution in [2.24, 2.45) is 0 Å². The molecule has 5 nitrogen and oxygen atoms in total. The Morgan fingerprint density at radius 1 is 1.59 bits per heavy atom. The van der Waals surface area contributed by atoms with E-state index in [1.165, 1.54) is 6.33 Å². The summed E-state index contributed by atoms with van der Waals surface area (Å²) in [7, 11) is 1.61. The normalized spacial score (nSPS) is 20.4. The molecule has 0 amide bonds. The van der Waals surface area contributed by atoms with Crippen molar-refractivity contribution in [2.45, 2.75) is 13.0 Å². The maximum Gasteiger partial charge on any atom is 0.221 e. The van der Waals surface area contributed by atoms with E-state index < -0.39 is 0 Å². The van der Waals surface area contributed by atoms with Gasteiger partial charge in [-0.15, -0.1) is 11.6 Å². The van der Waals surface area contributed by atoms with Crippen LogP contribution in [0, 0.1) is 6.92 Å². The first-order valence-corrected chi connectivity index (χ1v) is 6.07. The topological polar surface area (TPSA) is 47.5 Å². The molecule has 0 aliphatic carbocycles. The molecule has 1 unspecified atom stereocenters. The quantitative estimate of drug-likeness (QED) is 0.763. The zero-order valence-corrected chi connectivity index (χ0v) is 10.8. The number of hydrogen-bond acceptors (Lipinski definition) is 5. The highest BCUT2D eigenvalue weighted by Crippen LogP contribution is 2.25. The van der Waals surface area contributed by atoms with Crippen LogP contribution in [0.1, 0.15) is 5.56 Å². The summed E-state index contributed by atoms with van der Waals surface area (Å²) in [4.78, 5) is 10.6. The van der Waals surface area contributed by atoms with Gasteiger partial charge in [0, 0.05) is 13.1 Å². The van der Waals surface area contributed by atoms with E-state index in [0.29, 0.717) is 18.4 Å². The van der Waals surface area contributed by atoms with Gasteiger partial charge in [-0.2, -0.15) is 0 Å². The largest absolute Gasteiger partial charge is 0.481 e. The first-order valence-electron chi connectivity index (χ1n) is 5.54. The summed E-state index contributed by atoms with van der Waals surface area (Å²) >= 11 is 5.82. The number of aromatic nitrogens is 2. The van der Waals surface area contributed by atoms with Gasteiger partial charge < -0.3 is 14.4 Å². The highest BCUT2D eigenvalue weighted by atomic mass is 35.5. The molecule has 2 heterocycles. The molecule has 0 spiro atoms. The molecule has 17 heavy (non-hydrogen) atoms. The number of morpholine rings is 1. The third-order valence-corrected chi connectivity index (χ3v) is 3.16. The third kappa shape index (κ3) is 2.61. The van der Waals surface area contributed by atoms with Crippen LogP contribution in [-0.2, 0) is 4.74 Å². The second-order valence-corrected chi connectivity index (χ2v) is 4.23. The standard InChI is InChI=1S/C11H16ClN3O2/c1-8-10(13-7-14-11(8)16-2)15-3-4-17-9(5-12)6-15/h7,9H,3-6H2,1-2H3. The van der Waals surface area contributed by atoms with E-state index in [-0.39, 0.29) is 6.10 Å². The van der Waals surface area contributed by atoms with E-state index >= 15 is 0 Å². The van der Waals surface area contributed by atoms with Gasteiger partial charge >= 0.3 is 0 Å². The van der Waals surface area contributed by atoms with E-state index in [9.17, 15) is 0 Å². The average Bonchev–Trinajstić information content (AvgIpc) is 2.39. The van der Waals surface area contributed by atoms with Gasteiger partial charge in [0.1, 0.15) is 12.1 Å². The molecule has 94 valence electrons. The number of hydrogen-bond donors (Lipinski definition) is 0. The van der Waals surface area contributed by atoms with E-state index in [4.69, 9.17) is 21.1 Å². The minimum Gasteiger partial charge on any atom is -0.481 e. The van der Waals surface area contributed by atoms with Crippen LogP contribution in [0.2, 0.25) is 0 Å². The van der Waals surface area contributed by atoms with Gasteiger partial charge in [-0.1, -0.05) is 0 Å². The SMILES string of the molecule is COc1ncnc(N2CCOC(CCl)C2)c1C. The van der Waals surface area contributed by atoms with Gasteiger partial charge in [-0.25, -0.2) is 9.97 Å². The highest BCUT2D eigenvalue weighted by Gasteiger charge is 2.23. The van der Waals surface area contributed by atoms with Gasteiger partial charge in [0.05, 0.1) is 31.3 Å². The highest BCUT2D eigenvalue weighted by molar-refractivity contribution is 6.18. The summed E-state index contributed by atoms with van der Waals surface area (Å²) < 4.78 is 10.7. The first kappa shape index (κ1) is 12.4. The molecule has 2 rings (SSSR count). The van der Waals surface area contributed by atoms with Crippen LogP contribution in [0.5, 0.6) is 5.88 Å². The Morgan fingerprint density at radius 3 is 3.12 bits per heavy atom. The maximum absolute atomic E-state index is 5.82. The van der Waals surface area contributed by atoms with Crippen molar-refractivity contribution in [1.82, 2.24) is 9.97 Å². The zero-order valence-electron chi connectivity index (χ0n) is 10.0. The number of anilines is 1. The van der Waals surface area contributed by atoms with Gasteiger partial charge in [0.25, 0.3) is 0 Å². The van der Waals surface area contributed by atoms with Crippen molar-refractivity contribution in [2.75, 3.05) is 37.6 Å². The lowest BCUT2D eigenvalue weighted by molar-refractivity contribution is 0.0551. The predicted octanol–water partition coefficient (Wildman–Crippen LogP) is 1.24. The summed E-state index contributed by atoms with van der Waals surface area (Å²) in [5.74, 6) is 2.01. The van der Waals surface area contributed by atoms with Crippen molar-refractivity contribution in [1.29, 1.82) is 0 Å². The number of nitrogens with zero attached hydrogens (tertiary/aromatic N) is 3. The monoisotopic (exact) mass is 257 g/mol. The number of rotatable bonds is 3. The van der Waals surface area contributed by atoms with Crippen LogP contribution in [0.4, 0.5) is 5.82 Å². The Labute approximate surface area is 106 Å². The second-order valence-electron chi connectivity index (χ2n) is 3.92. The van der Waals surface area contributed by atoms with Crippen LogP contribution in [0.15, 0.2) is 6.33 Å². The predicted molar refractivity (Wildman–Crippen MR) is 66.0 cm³/mol. The minimum atomic E-state index is 0.0609. The van der Waals surface area contributed by atoms with Crippen LogP contribution in [0.3, 0.4) is 0 Å². The molecule has 6 heteroatoms. The van der Waals surface area contributed by atoms with Gasteiger partial charge in [0.15, 0.2) is 0 Å². The van der Waals surface area contributed by atoms with Crippen molar-refractivity contribution >= 4 is 17.4 Å². The maximum atomic E-state index is 5.82. The molecule has 0 saturated carbocycles. The Kier molecular flexibility index (Phi) is 4.02. The lowest BCUT2D eigenvalue weighted by Gasteiger charge is -2.33. The van der Waals surface area contributed by atoms with Gasteiger partial charge in [-0.05, 0) is 6.92 Å². The Balaban J connectivity index is 2.21. The minimum absolute atomic E-state index is 0.0609.